The Morgan fingerprint density at radius 3 is 2.40 bits per heavy atom. The van der Waals surface area contributed by atoms with Crippen molar-refractivity contribution < 1.29 is 0 Å². The maximum absolute atomic E-state index is 3.99. The topological polar surface area (TPSA) is 0 Å². The van der Waals surface area contributed by atoms with Gasteiger partial charge in [0.05, 0.1) is 0 Å². The van der Waals surface area contributed by atoms with E-state index in [-0.39, 0.29) is 0 Å². The second-order valence-corrected chi connectivity index (χ2v) is 3.10. The van der Waals surface area contributed by atoms with Crippen molar-refractivity contribution in [2.45, 2.75) is 33.6 Å². The van der Waals surface area contributed by atoms with Gasteiger partial charge in [-0.3, -0.25) is 0 Å². The van der Waals surface area contributed by atoms with Crippen LogP contribution in [0.2, 0.25) is 0 Å². The maximum Gasteiger partial charge on any atom is -0.0348 e. The van der Waals surface area contributed by atoms with Gasteiger partial charge in [0.1, 0.15) is 0 Å². The molecule has 0 spiro atoms. The van der Waals surface area contributed by atoms with E-state index in [1.54, 1.807) is 0 Å². The molecule has 0 aromatic carbocycles. The summed E-state index contributed by atoms with van der Waals surface area (Å²) < 4.78 is 0. The summed E-state index contributed by atoms with van der Waals surface area (Å²) in [5.74, 6) is 1.35. The van der Waals surface area contributed by atoms with Crippen LogP contribution in [0.3, 0.4) is 0 Å². The summed E-state index contributed by atoms with van der Waals surface area (Å²) in [6, 6.07) is 0. The predicted octanol–water partition coefficient (Wildman–Crippen LogP) is 3.45. The van der Waals surface area contributed by atoms with Gasteiger partial charge in [0.25, 0.3) is 0 Å². The highest BCUT2D eigenvalue weighted by Gasteiger charge is 2.04. The SMILES string of the molecule is [CH2]C(C)C(C)CC/C=C/C. The van der Waals surface area contributed by atoms with Crippen molar-refractivity contribution in [2.75, 3.05) is 0 Å². The lowest BCUT2D eigenvalue weighted by Crippen LogP contribution is -2.02. The highest BCUT2D eigenvalue weighted by atomic mass is 14.1. The first-order valence-corrected chi connectivity index (χ1v) is 4.12. The Morgan fingerprint density at radius 1 is 1.40 bits per heavy atom. The monoisotopic (exact) mass is 139 g/mol. The van der Waals surface area contributed by atoms with Crippen molar-refractivity contribution in [1.82, 2.24) is 0 Å². The molecule has 0 N–H and O–H groups in total. The van der Waals surface area contributed by atoms with E-state index in [0.717, 1.165) is 5.92 Å². The molecule has 59 valence electrons. The van der Waals surface area contributed by atoms with Crippen molar-refractivity contribution in [3.05, 3.63) is 19.1 Å². The van der Waals surface area contributed by atoms with E-state index in [0.29, 0.717) is 5.92 Å². The van der Waals surface area contributed by atoms with Gasteiger partial charge in [0.15, 0.2) is 0 Å². The van der Waals surface area contributed by atoms with Crippen LogP contribution in [0.1, 0.15) is 33.6 Å². The second kappa shape index (κ2) is 5.52. The van der Waals surface area contributed by atoms with Gasteiger partial charge in [-0.15, -0.1) is 0 Å². The van der Waals surface area contributed by atoms with E-state index >= 15 is 0 Å². The molecule has 0 bridgehead atoms. The molecule has 1 radical (unpaired) electrons. The fraction of sp³-hybridized carbons (Fsp3) is 0.700. The van der Waals surface area contributed by atoms with Gasteiger partial charge in [-0.2, -0.15) is 0 Å². The lowest BCUT2D eigenvalue weighted by molar-refractivity contribution is 0.429. The smallest absolute Gasteiger partial charge is 0.0348 e. The minimum Gasteiger partial charge on any atom is -0.0917 e. The molecule has 0 fully saturated rings. The van der Waals surface area contributed by atoms with Crippen molar-refractivity contribution >= 4 is 0 Å². The number of allylic oxidation sites excluding steroid dienone is 2. The van der Waals surface area contributed by atoms with Crippen molar-refractivity contribution in [2.24, 2.45) is 11.8 Å². The van der Waals surface area contributed by atoms with Crippen LogP contribution < -0.4 is 0 Å². The zero-order valence-electron chi connectivity index (χ0n) is 7.43. The molecule has 0 aliphatic rings. The van der Waals surface area contributed by atoms with Gasteiger partial charge in [-0.25, -0.2) is 0 Å². The fourth-order valence-corrected chi connectivity index (χ4v) is 0.810. The molecule has 0 amide bonds. The minimum absolute atomic E-state index is 0.588. The molecule has 0 nitrogen and oxygen atoms in total. The molecule has 2 atom stereocenters. The first-order chi connectivity index (χ1) is 4.68. The van der Waals surface area contributed by atoms with Gasteiger partial charge in [0.2, 0.25) is 0 Å². The first-order valence-electron chi connectivity index (χ1n) is 4.12. The maximum atomic E-state index is 3.99. The molecule has 0 rings (SSSR count). The summed E-state index contributed by atoms with van der Waals surface area (Å²) in [5.41, 5.74) is 0. The Kier molecular flexibility index (Phi) is 5.38. The molecule has 0 aromatic heterocycles. The van der Waals surface area contributed by atoms with E-state index in [9.17, 15) is 0 Å². The molecule has 0 aliphatic heterocycles. The third-order valence-corrected chi connectivity index (χ3v) is 2.00. The van der Waals surface area contributed by atoms with Crippen LogP contribution in [-0.4, -0.2) is 0 Å². The summed E-state index contributed by atoms with van der Waals surface area (Å²) in [5, 5.41) is 0. The Labute approximate surface area is 65.3 Å². The van der Waals surface area contributed by atoms with Crippen molar-refractivity contribution in [3.8, 4) is 0 Å². The Morgan fingerprint density at radius 2 is 2.00 bits per heavy atom. The van der Waals surface area contributed by atoms with Crippen LogP contribution in [0.25, 0.3) is 0 Å². The third kappa shape index (κ3) is 4.60. The lowest BCUT2D eigenvalue weighted by Gasteiger charge is -2.13. The average molecular weight is 139 g/mol. The summed E-state index contributed by atoms with van der Waals surface area (Å²) >= 11 is 0. The quantitative estimate of drug-likeness (QED) is 0.523. The molecule has 0 aliphatic carbocycles. The molecule has 0 heteroatoms. The Bertz CT molecular complexity index is 90.2. The van der Waals surface area contributed by atoms with Gasteiger partial charge >= 0.3 is 0 Å². The zero-order valence-corrected chi connectivity index (χ0v) is 7.43. The van der Waals surface area contributed by atoms with Gasteiger partial charge in [-0.1, -0.05) is 32.9 Å². The number of rotatable bonds is 4. The van der Waals surface area contributed by atoms with Gasteiger partial charge < -0.3 is 0 Å². The van der Waals surface area contributed by atoms with E-state index in [4.69, 9.17) is 0 Å². The highest BCUT2D eigenvalue weighted by molar-refractivity contribution is 4.78. The molecule has 0 aromatic rings. The Hall–Kier alpha value is -0.260. The first kappa shape index (κ1) is 9.74. The summed E-state index contributed by atoms with van der Waals surface area (Å²) in [4.78, 5) is 0. The van der Waals surface area contributed by atoms with Crippen LogP contribution in [0.5, 0.6) is 0 Å². The summed E-state index contributed by atoms with van der Waals surface area (Å²) in [6.07, 6.45) is 6.81. The molecular weight excluding hydrogens is 120 g/mol. The average Bonchev–Trinajstić information content (AvgIpc) is 1.88. The molecule has 0 saturated carbocycles. The largest absolute Gasteiger partial charge is 0.0917 e. The van der Waals surface area contributed by atoms with Crippen LogP contribution >= 0.6 is 0 Å². The second-order valence-electron chi connectivity index (χ2n) is 3.10. The van der Waals surface area contributed by atoms with Crippen LogP contribution in [0.15, 0.2) is 12.2 Å². The van der Waals surface area contributed by atoms with Crippen molar-refractivity contribution in [1.29, 1.82) is 0 Å². The van der Waals surface area contributed by atoms with E-state index in [1.807, 2.05) is 0 Å². The number of hydrogen-bond acceptors (Lipinski definition) is 0. The summed E-state index contributed by atoms with van der Waals surface area (Å²) in [7, 11) is 0. The van der Waals surface area contributed by atoms with Gasteiger partial charge in [-0.05, 0) is 31.6 Å². The predicted molar refractivity (Wildman–Crippen MR) is 47.7 cm³/mol. The van der Waals surface area contributed by atoms with E-state index < -0.39 is 0 Å². The van der Waals surface area contributed by atoms with Crippen LogP contribution in [0.4, 0.5) is 0 Å². The molecule has 2 unspecified atom stereocenters. The van der Waals surface area contributed by atoms with Crippen LogP contribution in [0, 0.1) is 18.8 Å². The van der Waals surface area contributed by atoms with Crippen LogP contribution in [-0.2, 0) is 0 Å². The normalized spacial score (nSPS) is 14.9. The zero-order chi connectivity index (χ0) is 7.98. The van der Waals surface area contributed by atoms with Gasteiger partial charge in [0, 0.05) is 0 Å². The Balaban J connectivity index is 3.30. The fourth-order valence-electron chi connectivity index (χ4n) is 0.810. The standard InChI is InChI=1S/C10H19/c1-5-6-7-8-10(4)9(2)3/h5-6,9-10H,2,7-8H2,1,3-4H3/b6-5+. The summed E-state index contributed by atoms with van der Waals surface area (Å²) in [6.45, 7) is 10.5. The van der Waals surface area contributed by atoms with Crippen molar-refractivity contribution in [3.63, 3.8) is 0 Å². The molecule has 0 heterocycles. The molecule has 0 saturated heterocycles. The van der Waals surface area contributed by atoms with E-state index in [2.05, 4.69) is 39.8 Å². The number of hydrogen-bond donors (Lipinski definition) is 0. The molecule has 10 heavy (non-hydrogen) atoms. The highest BCUT2D eigenvalue weighted by Crippen LogP contribution is 2.15. The lowest BCUT2D eigenvalue weighted by atomic mass is 9.93. The van der Waals surface area contributed by atoms with E-state index in [1.165, 1.54) is 12.8 Å². The minimum atomic E-state index is 0.588. The third-order valence-electron chi connectivity index (χ3n) is 2.00. The molecular formula is C10H19.